The van der Waals surface area contributed by atoms with E-state index in [9.17, 15) is 14.0 Å². The summed E-state index contributed by atoms with van der Waals surface area (Å²) in [4.78, 5) is 27.1. The average molecular weight is 354 g/mol. The van der Waals surface area contributed by atoms with Crippen molar-refractivity contribution in [1.29, 1.82) is 0 Å². The molecule has 0 aliphatic carbocycles. The second-order valence-electron chi connectivity index (χ2n) is 7.05. The minimum absolute atomic E-state index is 0.209. The third-order valence-corrected chi connectivity index (χ3v) is 5.28. The first-order valence-electron chi connectivity index (χ1n) is 8.67. The smallest absolute Gasteiger partial charge is 0.237 e. The number of aryl methyl sites for hydroxylation is 2. The van der Waals surface area contributed by atoms with Crippen molar-refractivity contribution >= 4 is 17.5 Å². The molecule has 0 radical (unpaired) electrons. The standard InChI is InChI=1S/C21H23FN2O2/c1-12-8-9-15(10-13(12)2)16-11-24(4)21(26)19(16)20(25)23-18-7-5-6-17(22)14(18)3/h5-10,16,19H,11H2,1-4H3,(H,23,25)/t16-,19+/m1/s1. The topological polar surface area (TPSA) is 49.4 Å². The van der Waals surface area contributed by atoms with Crippen LogP contribution in [0.2, 0.25) is 0 Å². The molecule has 5 heteroatoms. The van der Waals surface area contributed by atoms with Crippen molar-refractivity contribution < 1.29 is 14.0 Å². The van der Waals surface area contributed by atoms with Crippen LogP contribution in [0.25, 0.3) is 0 Å². The molecule has 2 amide bonds. The number of anilines is 1. The van der Waals surface area contributed by atoms with Crippen LogP contribution in [-0.4, -0.2) is 30.3 Å². The van der Waals surface area contributed by atoms with Gasteiger partial charge in [-0.05, 0) is 49.6 Å². The second kappa shape index (κ2) is 6.90. The van der Waals surface area contributed by atoms with Crippen LogP contribution >= 0.6 is 0 Å². The normalized spacial score (nSPS) is 19.7. The van der Waals surface area contributed by atoms with Gasteiger partial charge in [-0.25, -0.2) is 4.39 Å². The molecule has 0 spiro atoms. The van der Waals surface area contributed by atoms with Crippen molar-refractivity contribution in [2.45, 2.75) is 26.7 Å². The van der Waals surface area contributed by atoms with Gasteiger partial charge in [0.25, 0.3) is 0 Å². The molecular formula is C21H23FN2O2. The van der Waals surface area contributed by atoms with Crippen molar-refractivity contribution in [1.82, 2.24) is 4.90 Å². The third-order valence-electron chi connectivity index (χ3n) is 5.28. The molecule has 1 aliphatic heterocycles. The van der Waals surface area contributed by atoms with Crippen molar-refractivity contribution in [2.75, 3.05) is 18.9 Å². The van der Waals surface area contributed by atoms with Crippen LogP contribution < -0.4 is 5.32 Å². The van der Waals surface area contributed by atoms with Crippen LogP contribution in [-0.2, 0) is 9.59 Å². The summed E-state index contributed by atoms with van der Waals surface area (Å²) in [6.07, 6.45) is 0. The van der Waals surface area contributed by atoms with Crippen LogP contribution in [0.3, 0.4) is 0 Å². The van der Waals surface area contributed by atoms with Gasteiger partial charge in [0.2, 0.25) is 11.8 Å². The average Bonchev–Trinajstić information content (AvgIpc) is 2.89. The lowest BCUT2D eigenvalue weighted by Gasteiger charge is -2.18. The predicted octanol–water partition coefficient (Wildman–Crippen LogP) is 3.56. The number of halogens is 1. The summed E-state index contributed by atoms with van der Waals surface area (Å²) in [5.74, 6) is -2.02. The molecule has 1 N–H and O–H groups in total. The predicted molar refractivity (Wildman–Crippen MR) is 99.6 cm³/mol. The van der Waals surface area contributed by atoms with Crippen LogP contribution in [0.4, 0.5) is 10.1 Å². The number of carbonyl (C=O) groups is 2. The minimum Gasteiger partial charge on any atom is -0.344 e. The van der Waals surface area contributed by atoms with E-state index in [0.29, 0.717) is 17.8 Å². The zero-order chi connectivity index (χ0) is 19.0. The quantitative estimate of drug-likeness (QED) is 0.857. The van der Waals surface area contributed by atoms with Crippen molar-refractivity contribution in [3.05, 3.63) is 64.5 Å². The summed E-state index contributed by atoms with van der Waals surface area (Å²) in [7, 11) is 1.71. The molecule has 1 heterocycles. The van der Waals surface area contributed by atoms with E-state index in [1.165, 1.54) is 11.6 Å². The van der Waals surface area contributed by atoms with Crippen molar-refractivity contribution in [3.8, 4) is 0 Å². The first kappa shape index (κ1) is 18.1. The third kappa shape index (κ3) is 3.21. The molecule has 2 atom stereocenters. The number of likely N-dealkylation sites (tertiary alicyclic amines) is 1. The summed E-state index contributed by atoms with van der Waals surface area (Å²) in [5, 5.41) is 2.74. The van der Waals surface area contributed by atoms with Gasteiger partial charge in [-0.3, -0.25) is 9.59 Å². The fourth-order valence-corrected chi connectivity index (χ4v) is 3.44. The number of nitrogens with one attached hydrogen (secondary N) is 1. The highest BCUT2D eigenvalue weighted by atomic mass is 19.1. The minimum atomic E-state index is -0.815. The number of rotatable bonds is 3. The van der Waals surface area contributed by atoms with E-state index in [4.69, 9.17) is 0 Å². The summed E-state index contributed by atoms with van der Waals surface area (Å²) in [6, 6.07) is 10.6. The zero-order valence-electron chi connectivity index (χ0n) is 15.5. The number of likely N-dealkylation sites (N-methyl/N-ethyl adjacent to an activating group) is 1. The van der Waals surface area contributed by atoms with E-state index < -0.39 is 11.8 Å². The molecule has 0 unspecified atom stereocenters. The van der Waals surface area contributed by atoms with Gasteiger partial charge < -0.3 is 10.2 Å². The van der Waals surface area contributed by atoms with E-state index in [1.54, 1.807) is 31.0 Å². The monoisotopic (exact) mass is 354 g/mol. The fraction of sp³-hybridized carbons (Fsp3) is 0.333. The lowest BCUT2D eigenvalue weighted by atomic mass is 9.86. The Labute approximate surface area is 153 Å². The fourth-order valence-electron chi connectivity index (χ4n) is 3.44. The molecule has 1 aliphatic rings. The molecule has 26 heavy (non-hydrogen) atoms. The molecule has 4 nitrogen and oxygen atoms in total. The van der Waals surface area contributed by atoms with Gasteiger partial charge in [-0.2, -0.15) is 0 Å². The van der Waals surface area contributed by atoms with Gasteiger partial charge >= 0.3 is 0 Å². The number of benzene rings is 2. The summed E-state index contributed by atoms with van der Waals surface area (Å²) < 4.78 is 13.7. The highest BCUT2D eigenvalue weighted by Crippen LogP contribution is 2.35. The van der Waals surface area contributed by atoms with Gasteiger partial charge in [0.1, 0.15) is 11.7 Å². The maximum atomic E-state index is 13.7. The molecule has 3 rings (SSSR count). The van der Waals surface area contributed by atoms with E-state index in [1.807, 2.05) is 32.0 Å². The molecular weight excluding hydrogens is 331 g/mol. The Bertz CT molecular complexity index is 878. The van der Waals surface area contributed by atoms with Gasteiger partial charge in [-0.15, -0.1) is 0 Å². The van der Waals surface area contributed by atoms with Crippen molar-refractivity contribution in [2.24, 2.45) is 5.92 Å². The summed E-state index contributed by atoms with van der Waals surface area (Å²) in [5.41, 5.74) is 4.04. The highest BCUT2D eigenvalue weighted by molar-refractivity contribution is 6.08. The number of carbonyl (C=O) groups excluding carboxylic acids is 2. The zero-order valence-corrected chi connectivity index (χ0v) is 15.5. The van der Waals surface area contributed by atoms with Crippen LogP contribution in [0.1, 0.15) is 28.2 Å². The molecule has 0 bridgehead atoms. The Morgan fingerprint density at radius 2 is 1.88 bits per heavy atom. The van der Waals surface area contributed by atoms with Gasteiger partial charge in [-0.1, -0.05) is 24.3 Å². The Morgan fingerprint density at radius 1 is 1.15 bits per heavy atom. The summed E-state index contributed by atoms with van der Waals surface area (Å²) >= 11 is 0. The number of hydrogen-bond acceptors (Lipinski definition) is 2. The lowest BCUT2D eigenvalue weighted by molar-refractivity contribution is -0.135. The van der Waals surface area contributed by atoms with E-state index in [2.05, 4.69) is 5.32 Å². The van der Waals surface area contributed by atoms with Crippen LogP contribution in [0.15, 0.2) is 36.4 Å². The molecule has 1 fully saturated rings. The molecule has 0 aromatic heterocycles. The summed E-state index contributed by atoms with van der Waals surface area (Å²) in [6.45, 7) is 6.14. The maximum Gasteiger partial charge on any atom is 0.237 e. The Morgan fingerprint density at radius 3 is 2.58 bits per heavy atom. The van der Waals surface area contributed by atoms with Gasteiger partial charge in [0.05, 0.1) is 0 Å². The van der Waals surface area contributed by atoms with Crippen LogP contribution in [0, 0.1) is 32.5 Å². The first-order valence-corrected chi connectivity index (χ1v) is 8.67. The number of nitrogens with zero attached hydrogens (tertiary/aromatic N) is 1. The molecule has 2 aromatic rings. The maximum absolute atomic E-state index is 13.7. The second-order valence-corrected chi connectivity index (χ2v) is 7.05. The molecule has 0 saturated carbocycles. The molecule has 1 saturated heterocycles. The lowest BCUT2D eigenvalue weighted by Crippen LogP contribution is -2.33. The van der Waals surface area contributed by atoms with E-state index in [0.717, 1.165) is 11.1 Å². The SMILES string of the molecule is Cc1ccc([C@H]2CN(C)C(=O)[C@@H]2C(=O)Nc2cccc(F)c2C)cc1C. The Balaban J connectivity index is 1.91. The van der Waals surface area contributed by atoms with E-state index >= 15 is 0 Å². The number of hydrogen-bond donors (Lipinski definition) is 1. The Hall–Kier alpha value is -2.69. The van der Waals surface area contributed by atoms with E-state index in [-0.39, 0.29) is 17.6 Å². The highest BCUT2D eigenvalue weighted by Gasteiger charge is 2.44. The van der Waals surface area contributed by atoms with Gasteiger partial charge in [0.15, 0.2) is 0 Å². The van der Waals surface area contributed by atoms with Crippen molar-refractivity contribution in [3.63, 3.8) is 0 Å². The largest absolute Gasteiger partial charge is 0.344 e. The Kier molecular flexibility index (Phi) is 4.81. The van der Waals surface area contributed by atoms with Gasteiger partial charge in [0, 0.05) is 30.8 Å². The molecule has 136 valence electrons. The first-order chi connectivity index (χ1) is 12.3. The molecule has 2 aromatic carbocycles. The number of amides is 2. The van der Waals surface area contributed by atoms with Crippen LogP contribution in [0.5, 0.6) is 0 Å².